The molecule has 22 heavy (non-hydrogen) atoms. The highest BCUT2D eigenvalue weighted by Crippen LogP contribution is 2.21. The molecule has 0 saturated heterocycles. The van der Waals surface area contributed by atoms with Crippen LogP contribution in [0.2, 0.25) is 0 Å². The maximum atomic E-state index is 11.8. The van der Waals surface area contributed by atoms with Gasteiger partial charge in [-0.1, -0.05) is 17.8 Å². The lowest BCUT2D eigenvalue weighted by Crippen LogP contribution is -2.03. The third-order valence-corrected chi connectivity index (χ3v) is 4.17. The fraction of sp³-hybridized carbons (Fsp3) is 0.188. The van der Waals surface area contributed by atoms with Crippen LogP contribution in [0.25, 0.3) is 5.65 Å². The lowest BCUT2D eigenvalue weighted by molar-refractivity contribution is 0.0602. The molecule has 112 valence electrons. The number of thioether (sulfide) groups is 1. The number of methoxy groups -OCH3 is 1. The Morgan fingerprint density at radius 3 is 2.95 bits per heavy atom. The van der Waals surface area contributed by atoms with Crippen LogP contribution in [0.1, 0.15) is 21.6 Å². The monoisotopic (exact) mass is 313 g/mol. The molecule has 0 saturated carbocycles. The van der Waals surface area contributed by atoms with E-state index in [0.29, 0.717) is 17.0 Å². The second-order valence-corrected chi connectivity index (χ2v) is 5.83. The molecular formula is C16H15N3O2S. The van der Waals surface area contributed by atoms with Crippen molar-refractivity contribution in [3.8, 4) is 0 Å². The molecule has 0 amide bonds. The first kappa shape index (κ1) is 14.6. The van der Waals surface area contributed by atoms with E-state index >= 15 is 0 Å². The van der Waals surface area contributed by atoms with Gasteiger partial charge in [-0.2, -0.15) is 0 Å². The molecule has 0 aliphatic carbocycles. The summed E-state index contributed by atoms with van der Waals surface area (Å²) in [6.07, 6.45) is 5.64. The minimum atomic E-state index is -0.379. The number of nitrogens with zero attached hydrogens (tertiary/aromatic N) is 3. The number of pyridine rings is 2. The summed E-state index contributed by atoms with van der Waals surface area (Å²) in [4.78, 5) is 20.6. The highest BCUT2D eigenvalue weighted by molar-refractivity contribution is 7.98. The number of imidazole rings is 1. The number of ether oxygens (including phenoxy) is 1. The number of aromatic nitrogens is 3. The summed E-state index contributed by atoms with van der Waals surface area (Å²) in [6.45, 7) is 2.01. The van der Waals surface area contributed by atoms with Crippen molar-refractivity contribution in [3.63, 3.8) is 0 Å². The summed E-state index contributed by atoms with van der Waals surface area (Å²) in [7, 11) is 1.37. The maximum absolute atomic E-state index is 11.8. The Bertz CT molecular complexity index is 812. The Kier molecular flexibility index (Phi) is 4.11. The van der Waals surface area contributed by atoms with Crippen molar-refractivity contribution < 1.29 is 9.53 Å². The third-order valence-electron chi connectivity index (χ3n) is 3.19. The maximum Gasteiger partial charge on any atom is 0.341 e. The Labute approximate surface area is 132 Å². The minimum absolute atomic E-state index is 0.379. The number of fused-ring (bicyclic) bond motifs is 1. The van der Waals surface area contributed by atoms with Gasteiger partial charge in [0.25, 0.3) is 0 Å². The Balaban J connectivity index is 1.83. The standard InChI is InChI=1S/C16H15N3O2S/c1-11-5-6-14(17-8-11)22-10-12-9-19-7-3-4-13(15(19)18-12)16(20)21-2/h3-9H,10H2,1-2H3. The van der Waals surface area contributed by atoms with Crippen molar-refractivity contribution in [2.45, 2.75) is 17.7 Å². The number of hydrogen-bond donors (Lipinski definition) is 0. The van der Waals surface area contributed by atoms with Crippen LogP contribution < -0.4 is 0 Å². The van der Waals surface area contributed by atoms with Gasteiger partial charge in [-0.25, -0.2) is 14.8 Å². The van der Waals surface area contributed by atoms with Crippen LogP contribution in [-0.4, -0.2) is 27.4 Å². The molecule has 0 atom stereocenters. The molecule has 5 nitrogen and oxygen atoms in total. The SMILES string of the molecule is COC(=O)c1cccn2cc(CSc3ccc(C)cn3)nc12. The van der Waals surface area contributed by atoms with Crippen molar-refractivity contribution >= 4 is 23.4 Å². The molecule has 0 N–H and O–H groups in total. The van der Waals surface area contributed by atoms with Crippen molar-refractivity contribution in [1.29, 1.82) is 0 Å². The molecule has 3 rings (SSSR count). The normalized spacial score (nSPS) is 10.8. The van der Waals surface area contributed by atoms with Gasteiger partial charge in [0.15, 0.2) is 5.65 Å². The largest absolute Gasteiger partial charge is 0.465 e. The molecule has 0 bridgehead atoms. The van der Waals surface area contributed by atoms with Gasteiger partial charge in [0.05, 0.1) is 17.8 Å². The lowest BCUT2D eigenvalue weighted by Gasteiger charge is -2.00. The first-order chi connectivity index (χ1) is 10.7. The van der Waals surface area contributed by atoms with E-state index in [9.17, 15) is 4.79 Å². The van der Waals surface area contributed by atoms with Crippen LogP contribution in [0, 0.1) is 6.92 Å². The van der Waals surface area contributed by atoms with Crippen LogP contribution >= 0.6 is 11.8 Å². The molecule has 0 aliphatic rings. The zero-order valence-corrected chi connectivity index (χ0v) is 13.1. The van der Waals surface area contributed by atoms with E-state index < -0.39 is 0 Å². The molecule has 0 aromatic carbocycles. The van der Waals surface area contributed by atoms with Gasteiger partial charge < -0.3 is 9.14 Å². The molecule has 0 spiro atoms. The highest BCUT2D eigenvalue weighted by Gasteiger charge is 2.13. The average molecular weight is 313 g/mol. The fourth-order valence-electron chi connectivity index (χ4n) is 2.09. The topological polar surface area (TPSA) is 56.5 Å². The van der Waals surface area contributed by atoms with E-state index in [-0.39, 0.29) is 5.97 Å². The molecule has 3 heterocycles. The Morgan fingerprint density at radius 2 is 2.23 bits per heavy atom. The molecule has 0 radical (unpaired) electrons. The number of carbonyl (C=O) groups is 1. The summed E-state index contributed by atoms with van der Waals surface area (Å²) in [5.74, 6) is 0.314. The van der Waals surface area contributed by atoms with E-state index in [2.05, 4.69) is 9.97 Å². The van der Waals surface area contributed by atoms with Gasteiger partial charge in [-0.3, -0.25) is 0 Å². The van der Waals surface area contributed by atoms with E-state index in [1.54, 1.807) is 23.9 Å². The zero-order valence-electron chi connectivity index (χ0n) is 12.3. The predicted molar refractivity (Wildman–Crippen MR) is 85.1 cm³/mol. The van der Waals surface area contributed by atoms with Gasteiger partial charge in [0.1, 0.15) is 5.56 Å². The predicted octanol–water partition coefficient (Wildman–Crippen LogP) is 3.12. The molecular weight excluding hydrogens is 298 g/mol. The molecule has 0 fully saturated rings. The summed E-state index contributed by atoms with van der Waals surface area (Å²) in [6, 6.07) is 7.55. The number of hydrogen-bond acceptors (Lipinski definition) is 5. The molecule has 3 aromatic rings. The molecule has 0 aliphatic heterocycles. The van der Waals surface area contributed by atoms with E-state index in [1.807, 2.05) is 42.0 Å². The first-order valence-electron chi connectivity index (χ1n) is 6.78. The summed E-state index contributed by atoms with van der Waals surface area (Å²) in [5, 5.41) is 0.954. The lowest BCUT2D eigenvalue weighted by atomic mass is 10.3. The van der Waals surface area contributed by atoms with Gasteiger partial charge in [-0.05, 0) is 30.7 Å². The van der Waals surface area contributed by atoms with Gasteiger partial charge in [-0.15, -0.1) is 0 Å². The van der Waals surface area contributed by atoms with Crippen LogP contribution in [0.3, 0.4) is 0 Å². The van der Waals surface area contributed by atoms with Crippen LogP contribution in [-0.2, 0) is 10.5 Å². The van der Waals surface area contributed by atoms with E-state index in [0.717, 1.165) is 16.3 Å². The van der Waals surface area contributed by atoms with Crippen molar-refractivity contribution in [2.75, 3.05) is 7.11 Å². The van der Waals surface area contributed by atoms with Gasteiger partial charge in [0, 0.05) is 24.3 Å². The van der Waals surface area contributed by atoms with Gasteiger partial charge >= 0.3 is 5.97 Å². The second kappa shape index (κ2) is 6.19. The fourth-order valence-corrected chi connectivity index (χ4v) is 2.82. The summed E-state index contributed by atoms with van der Waals surface area (Å²) in [5.41, 5.74) is 3.11. The van der Waals surface area contributed by atoms with E-state index in [1.165, 1.54) is 7.11 Å². The quantitative estimate of drug-likeness (QED) is 0.547. The zero-order chi connectivity index (χ0) is 15.5. The van der Waals surface area contributed by atoms with Crippen molar-refractivity contribution in [3.05, 3.63) is 59.7 Å². The Morgan fingerprint density at radius 1 is 1.36 bits per heavy atom. The third kappa shape index (κ3) is 2.96. The molecule has 3 aromatic heterocycles. The first-order valence-corrected chi connectivity index (χ1v) is 7.76. The summed E-state index contributed by atoms with van der Waals surface area (Å²) >= 11 is 1.61. The summed E-state index contributed by atoms with van der Waals surface area (Å²) < 4.78 is 6.62. The van der Waals surface area contributed by atoms with Crippen molar-refractivity contribution in [2.24, 2.45) is 0 Å². The van der Waals surface area contributed by atoms with E-state index in [4.69, 9.17) is 4.74 Å². The van der Waals surface area contributed by atoms with Crippen LogP contribution in [0.5, 0.6) is 0 Å². The number of esters is 1. The average Bonchev–Trinajstić information content (AvgIpc) is 2.96. The second-order valence-electron chi connectivity index (χ2n) is 4.84. The molecule has 6 heteroatoms. The smallest absolute Gasteiger partial charge is 0.341 e. The van der Waals surface area contributed by atoms with Crippen LogP contribution in [0.15, 0.2) is 47.9 Å². The number of rotatable bonds is 4. The molecule has 0 unspecified atom stereocenters. The Hall–Kier alpha value is -2.34. The van der Waals surface area contributed by atoms with Crippen LogP contribution in [0.4, 0.5) is 0 Å². The number of carbonyl (C=O) groups excluding carboxylic acids is 1. The minimum Gasteiger partial charge on any atom is -0.465 e. The van der Waals surface area contributed by atoms with Gasteiger partial charge in [0.2, 0.25) is 0 Å². The highest BCUT2D eigenvalue weighted by atomic mass is 32.2. The number of aryl methyl sites for hydroxylation is 1. The van der Waals surface area contributed by atoms with Crippen molar-refractivity contribution in [1.82, 2.24) is 14.4 Å².